The first kappa shape index (κ1) is 34.3. The Kier molecular flexibility index (Phi) is 9.66. The Balaban J connectivity index is 1.44. The molecule has 0 N–H and O–H groups in total. The van der Waals surface area contributed by atoms with E-state index in [0.29, 0.717) is 31.7 Å². The Labute approximate surface area is 305 Å². The molecule has 1 aromatic heterocycles. The van der Waals surface area contributed by atoms with Crippen molar-refractivity contribution in [1.82, 2.24) is 4.57 Å². The van der Waals surface area contributed by atoms with Gasteiger partial charge < -0.3 is 9.47 Å². The first-order chi connectivity index (χ1) is 25.3. The molecule has 7 rings (SSSR count). The fourth-order valence-electron chi connectivity index (χ4n) is 6.06. The Morgan fingerprint density at radius 2 is 1.63 bits per heavy atom. The molecular weight excluding hydrogens is 699 g/mol. The van der Waals surface area contributed by atoms with Crippen LogP contribution in [0, 0.1) is 10.1 Å². The van der Waals surface area contributed by atoms with Crippen molar-refractivity contribution in [2.24, 2.45) is 4.99 Å². The molecule has 0 spiro atoms. The molecule has 0 radical (unpaired) electrons. The van der Waals surface area contributed by atoms with Gasteiger partial charge >= 0.3 is 11.9 Å². The molecule has 1 atom stereocenters. The number of thioether (sulfide) groups is 1. The number of esters is 2. The number of benzene rings is 5. The Bertz CT molecular complexity index is 2580. The second kappa shape index (κ2) is 14.6. The highest BCUT2D eigenvalue weighted by Crippen LogP contribution is 2.36. The molecule has 2 heterocycles. The zero-order chi connectivity index (χ0) is 36.4. The summed E-state index contributed by atoms with van der Waals surface area (Å²) < 4.78 is 13.3. The predicted molar refractivity (Wildman–Crippen MR) is 201 cm³/mol. The second-order valence-electron chi connectivity index (χ2n) is 11.6. The number of nitro benzene ring substituents is 1. The summed E-state index contributed by atoms with van der Waals surface area (Å²) in [4.78, 5) is 58.7. The number of nitro groups is 1. The fourth-order valence-corrected chi connectivity index (χ4v) is 7.46. The minimum atomic E-state index is -0.851. The Morgan fingerprint density at radius 3 is 2.33 bits per heavy atom. The highest BCUT2D eigenvalue weighted by molar-refractivity contribution is 7.98. The van der Waals surface area contributed by atoms with E-state index in [0.717, 1.165) is 27.0 Å². The zero-order valence-corrected chi connectivity index (χ0v) is 29.5. The molecule has 10 nitrogen and oxygen atoms in total. The van der Waals surface area contributed by atoms with Gasteiger partial charge in [0.2, 0.25) is 0 Å². The molecule has 1 aliphatic heterocycles. The van der Waals surface area contributed by atoms with Gasteiger partial charge in [0.05, 0.1) is 38.9 Å². The minimum absolute atomic E-state index is 0.122. The molecule has 12 heteroatoms. The first-order valence-corrected chi connectivity index (χ1v) is 18.2. The van der Waals surface area contributed by atoms with Crippen molar-refractivity contribution in [2.45, 2.75) is 17.9 Å². The van der Waals surface area contributed by atoms with Crippen LogP contribution < -0.4 is 19.6 Å². The quantitative estimate of drug-likeness (QED) is 0.0515. The normalized spacial score (nSPS) is 14.1. The highest BCUT2D eigenvalue weighted by atomic mass is 32.2. The van der Waals surface area contributed by atoms with Gasteiger partial charge in [-0.3, -0.25) is 19.5 Å². The molecule has 0 fully saturated rings. The zero-order valence-electron chi connectivity index (χ0n) is 27.8. The van der Waals surface area contributed by atoms with Crippen molar-refractivity contribution in [2.75, 3.05) is 12.9 Å². The topological polar surface area (TPSA) is 130 Å². The van der Waals surface area contributed by atoms with E-state index in [1.54, 1.807) is 30.8 Å². The van der Waals surface area contributed by atoms with Crippen LogP contribution >= 0.6 is 23.1 Å². The van der Waals surface area contributed by atoms with Crippen LogP contribution in [0.1, 0.15) is 40.0 Å². The number of nitrogens with zero attached hydrogens (tertiary/aromatic N) is 3. The van der Waals surface area contributed by atoms with Crippen LogP contribution in [0.4, 0.5) is 5.69 Å². The second-order valence-corrected chi connectivity index (χ2v) is 13.5. The monoisotopic (exact) mass is 727 g/mol. The summed E-state index contributed by atoms with van der Waals surface area (Å²) in [5.41, 5.74) is 2.11. The van der Waals surface area contributed by atoms with Gasteiger partial charge in [0, 0.05) is 28.2 Å². The van der Waals surface area contributed by atoms with Crippen LogP contribution in [0.2, 0.25) is 0 Å². The number of rotatable bonds is 9. The van der Waals surface area contributed by atoms with Crippen LogP contribution in [-0.4, -0.2) is 34.3 Å². The van der Waals surface area contributed by atoms with Crippen LogP contribution in [-0.2, 0) is 9.53 Å². The summed E-state index contributed by atoms with van der Waals surface area (Å²) in [5.74, 6) is -1.11. The van der Waals surface area contributed by atoms with Crippen molar-refractivity contribution in [3.63, 3.8) is 0 Å². The third kappa shape index (κ3) is 6.57. The van der Waals surface area contributed by atoms with Crippen LogP contribution in [0.25, 0.3) is 22.5 Å². The minimum Gasteiger partial charge on any atom is -0.463 e. The van der Waals surface area contributed by atoms with Gasteiger partial charge in [-0.1, -0.05) is 84.1 Å². The Hall–Kier alpha value is -6.11. The number of carbonyl (C=O) groups excluding carboxylic acids is 2. The Morgan fingerprint density at radius 1 is 0.923 bits per heavy atom. The molecule has 52 heavy (non-hydrogen) atoms. The van der Waals surface area contributed by atoms with E-state index in [1.807, 2.05) is 91.2 Å². The van der Waals surface area contributed by atoms with Gasteiger partial charge in [0.15, 0.2) is 4.80 Å². The SMILES string of the molecule is CCOC(=O)C1=C(c2ccccc2)N=c2s/c(=C\c3c(OC(=O)c4ccc([N+](=O)[O-])cc4)ccc4ccccc34)c(=O)n2[C@@H]1c1ccc(SC)cc1. The average Bonchev–Trinajstić information content (AvgIpc) is 3.49. The summed E-state index contributed by atoms with van der Waals surface area (Å²) in [7, 11) is 0. The number of aromatic nitrogens is 1. The largest absolute Gasteiger partial charge is 0.463 e. The molecule has 5 aromatic carbocycles. The number of non-ortho nitro benzene ring substituents is 1. The van der Waals surface area contributed by atoms with E-state index in [1.165, 1.54) is 28.8 Å². The van der Waals surface area contributed by atoms with Crippen LogP contribution in [0.3, 0.4) is 0 Å². The molecule has 0 amide bonds. The van der Waals surface area contributed by atoms with E-state index < -0.39 is 28.5 Å². The van der Waals surface area contributed by atoms with Gasteiger partial charge in [0.25, 0.3) is 11.2 Å². The van der Waals surface area contributed by atoms with Gasteiger partial charge in [-0.25, -0.2) is 14.6 Å². The lowest BCUT2D eigenvalue weighted by Gasteiger charge is -2.26. The average molecular weight is 728 g/mol. The van der Waals surface area contributed by atoms with Gasteiger partial charge in [-0.15, -0.1) is 11.8 Å². The van der Waals surface area contributed by atoms with Crippen molar-refractivity contribution < 1.29 is 24.0 Å². The van der Waals surface area contributed by atoms with Crippen molar-refractivity contribution in [3.8, 4) is 5.75 Å². The molecule has 0 aliphatic carbocycles. The lowest BCUT2D eigenvalue weighted by Crippen LogP contribution is -2.40. The van der Waals surface area contributed by atoms with Crippen molar-refractivity contribution >= 4 is 63.3 Å². The maximum Gasteiger partial charge on any atom is 0.343 e. The molecule has 0 unspecified atom stereocenters. The summed E-state index contributed by atoms with van der Waals surface area (Å²) in [6.07, 6.45) is 3.65. The first-order valence-electron chi connectivity index (χ1n) is 16.2. The molecule has 1 aliphatic rings. The number of carbonyl (C=O) groups is 2. The van der Waals surface area contributed by atoms with Crippen LogP contribution in [0.5, 0.6) is 5.75 Å². The van der Waals surface area contributed by atoms with Gasteiger partial charge in [-0.05, 0) is 65.9 Å². The molecular formula is C40H29N3O7S2. The van der Waals surface area contributed by atoms with Crippen molar-refractivity contribution in [3.05, 3.63) is 173 Å². The fraction of sp³-hybridized carbons (Fsp3) is 0.100. The standard InChI is InChI=1S/C40H29N3O7S2/c1-3-49-39(46)34-35(25-10-5-4-6-11-25)41-40-42(36(34)26-15-20-29(51-2)21-16-26)37(44)33(52-40)23-31-30-12-8-7-9-24(30)17-22-32(31)50-38(45)27-13-18-28(19-14-27)43(47)48/h4-23,36H,3H2,1-2H3/b33-23-/t36-/m1/s1. The number of thiazole rings is 1. The molecule has 6 aromatic rings. The maximum atomic E-state index is 14.6. The molecule has 0 saturated carbocycles. The summed E-state index contributed by atoms with van der Waals surface area (Å²) in [5, 5.41) is 12.7. The predicted octanol–water partition coefficient (Wildman–Crippen LogP) is 6.94. The highest BCUT2D eigenvalue weighted by Gasteiger charge is 2.35. The molecule has 0 bridgehead atoms. The number of ether oxygens (including phenoxy) is 2. The van der Waals surface area contributed by atoms with E-state index >= 15 is 0 Å². The maximum absolute atomic E-state index is 14.6. The van der Waals surface area contributed by atoms with Gasteiger partial charge in [0.1, 0.15) is 5.75 Å². The molecule has 0 saturated heterocycles. The smallest absolute Gasteiger partial charge is 0.343 e. The van der Waals surface area contributed by atoms with E-state index in [4.69, 9.17) is 14.5 Å². The van der Waals surface area contributed by atoms with E-state index in [9.17, 15) is 24.5 Å². The molecule has 258 valence electrons. The lowest BCUT2D eigenvalue weighted by molar-refractivity contribution is -0.384. The van der Waals surface area contributed by atoms with Crippen LogP contribution in [0.15, 0.2) is 136 Å². The van der Waals surface area contributed by atoms with Crippen molar-refractivity contribution in [1.29, 1.82) is 0 Å². The summed E-state index contributed by atoms with van der Waals surface area (Å²) in [6.45, 7) is 1.86. The number of hydrogen-bond acceptors (Lipinski definition) is 10. The van der Waals surface area contributed by atoms with E-state index in [-0.39, 0.29) is 29.2 Å². The third-order valence-electron chi connectivity index (χ3n) is 8.53. The van der Waals surface area contributed by atoms with E-state index in [2.05, 4.69) is 0 Å². The summed E-state index contributed by atoms with van der Waals surface area (Å²) >= 11 is 2.74. The number of hydrogen-bond donors (Lipinski definition) is 0. The number of fused-ring (bicyclic) bond motifs is 2. The third-order valence-corrected chi connectivity index (χ3v) is 10.3. The summed E-state index contributed by atoms with van der Waals surface area (Å²) in [6, 6.07) is 32.3. The lowest BCUT2D eigenvalue weighted by atomic mass is 9.93. The van der Waals surface area contributed by atoms with Gasteiger partial charge in [-0.2, -0.15) is 0 Å².